The van der Waals surface area contributed by atoms with E-state index in [4.69, 9.17) is 9.47 Å². The van der Waals surface area contributed by atoms with Gasteiger partial charge >= 0.3 is 0 Å². The molecule has 7 heteroatoms. The van der Waals surface area contributed by atoms with Crippen LogP contribution in [0.2, 0.25) is 0 Å². The molecule has 5 nitrogen and oxygen atoms in total. The van der Waals surface area contributed by atoms with E-state index in [1.165, 1.54) is 6.42 Å². The van der Waals surface area contributed by atoms with Crippen LogP contribution in [0.15, 0.2) is 48.7 Å². The zero-order valence-electron chi connectivity index (χ0n) is 15.8. The van der Waals surface area contributed by atoms with Gasteiger partial charge in [0.15, 0.2) is 0 Å². The molecule has 150 valence electrons. The van der Waals surface area contributed by atoms with Crippen molar-refractivity contribution in [2.24, 2.45) is 0 Å². The summed E-state index contributed by atoms with van der Waals surface area (Å²) in [6, 6.07) is 13.9. The number of methoxy groups -OCH3 is 1. The Bertz CT molecular complexity index is 621. The van der Waals surface area contributed by atoms with Crippen LogP contribution in [0.4, 0.5) is 5.82 Å². The van der Waals surface area contributed by atoms with Crippen LogP contribution in [0.25, 0.3) is 0 Å². The number of aromatic nitrogens is 1. The fourth-order valence-electron chi connectivity index (χ4n) is 3.04. The van der Waals surface area contributed by atoms with Crippen LogP contribution in [0.5, 0.6) is 11.5 Å². The molecule has 0 aliphatic carbocycles. The molecule has 0 atom stereocenters. The molecular weight excluding hydrogens is 385 g/mol. The van der Waals surface area contributed by atoms with Crippen molar-refractivity contribution in [3.8, 4) is 11.5 Å². The third-order valence-corrected chi connectivity index (χ3v) is 4.54. The van der Waals surface area contributed by atoms with E-state index in [0.717, 1.165) is 63.1 Å². The van der Waals surface area contributed by atoms with Crippen molar-refractivity contribution in [2.45, 2.75) is 12.8 Å². The number of ether oxygens (including phenoxy) is 2. The van der Waals surface area contributed by atoms with Gasteiger partial charge in [-0.05, 0) is 55.8 Å². The first kappa shape index (κ1) is 23.3. The van der Waals surface area contributed by atoms with Crippen LogP contribution < -0.4 is 14.4 Å². The number of benzene rings is 1. The number of pyridine rings is 1. The second kappa shape index (κ2) is 12.7. The molecule has 1 aromatic heterocycles. The van der Waals surface area contributed by atoms with E-state index in [2.05, 4.69) is 26.9 Å². The Balaban J connectivity index is 0.00000182. The molecule has 1 aliphatic rings. The number of hydrogen-bond acceptors (Lipinski definition) is 5. The third kappa shape index (κ3) is 7.45. The van der Waals surface area contributed by atoms with Gasteiger partial charge in [0.05, 0.1) is 13.7 Å². The number of nitrogens with zero attached hydrogens (tertiary/aromatic N) is 3. The molecule has 0 spiro atoms. The highest BCUT2D eigenvalue weighted by Crippen LogP contribution is 2.17. The molecule has 2 heterocycles. The van der Waals surface area contributed by atoms with Crippen LogP contribution in [-0.4, -0.2) is 56.3 Å². The Labute approximate surface area is 174 Å². The van der Waals surface area contributed by atoms with Crippen LogP contribution in [-0.2, 0) is 0 Å². The Morgan fingerprint density at radius 2 is 1.59 bits per heavy atom. The molecule has 0 unspecified atom stereocenters. The minimum absolute atomic E-state index is 0. The Kier molecular flexibility index (Phi) is 10.9. The monoisotopic (exact) mass is 413 g/mol. The molecule has 1 fully saturated rings. The van der Waals surface area contributed by atoms with Crippen molar-refractivity contribution in [3.63, 3.8) is 0 Å². The molecular formula is C20H29Cl2N3O2. The predicted octanol–water partition coefficient (Wildman–Crippen LogP) is 3.92. The highest BCUT2D eigenvalue weighted by Gasteiger charge is 2.17. The van der Waals surface area contributed by atoms with Crippen molar-refractivity contribution in [1.29, 1.82) is 0 Å². The summed E-state index contributed by atoms with van der Waals surface area (Å²) >= 11 is 0. The number of rotatable bonds is 8. The van der Waals surface area contributed by atoms with Gasteiger partial charge in [0.1, 0.15) is 17.3 Å². The summed E-state index contributed by atoms with van der Waals surface area (Å²) in [4.78, 5) is 9.34. The van der Waals surface area contributed by atoms with E-state index in [-0.39, 0.29) is 24.8 Å². The van der Waals surface area contributed by atoms with Gasteiger partial charge < -0.3 is 14.4 Å². The number of hydrogen-bond donors (Lipinski definition) is 0. The first-order valence-corrected chi connectivity index (χ1v) is 9.00. The Morgan fingerprint density at radius 3 is 2.22 bits per heavy atom. The smallest absolute Gasteiger partial charge is 0.128 e. The van der Waals surface area contributed by atoms with Crippen LogP contribution >= 0.6 is 24.8 Å². The van der Waals surface area contributed by atoms with Crippen molar-refractivity contribution < 1.29 is 9.47 Å². The van der Waals surface area contributed by atoms with E-state index >= 15 is 0 Å². The maximum atomic E-state index is 5.78. The number of halogens is 2. The Hall–Kier alpha value is -1.69. The summed E-state index contributed by atoms with van der Waals surface area (Å²) in [6.07, 6.45) is 4.11. The predicted molar refractivity (Wildman–Crippen MR) is 115 cm³/mol. The summed E-state index contributed by atoms with van der Waals surface area (Å²) < 4.78 is 10.9. The van der Waals surface area contributed by atoms with Gasteiger partial charge in [0.25, 0.3) is 0 Å². The first-order valence-electron chi connectivity index (χ1n) is 9.00. The average molecular weight is 414 g/mol. The summed E-state index contributed by atoms with van der Waals surface area (Å²) in [7, 11) is 1.67. The van der Waals surface area contributed by atoms with Gasteiger partial charge in [-0.2, -0.15) is 0 Å². The van der Waals surface area contributed by atoms with Gasteiger partial charge in [-0.15, -0.1) is 24.8 Å². The lowest BCUT2D eigenvalue weighted by molar-refractivity contribution is 0.238. The van der Waals surface area contributed by atoms with Crippen LogP contribution in [0.3, 0.4) is 0 Å². The molecule has 1 aromatic carbocycles. The van der Waals surface area contributed by atoms with Crippen LogP contribution in [0, 0.1) is 0 Å². The molecule has 0 bridgehead atoms. The zero-order chi connectivity index (χ0) is 17.3. The maximum absolute atomic E-state index is 5.78. The van der Waals surface area contributed by atoms with Gasteiger partial charge in [-0.3, -0.25) is 4.90 Å². The molecule has 0 N–H and O–H groups in total. The summed E-state index contributed by atoms with van der Waals surface area (Å²) in [6.45, 7) is 6.23. The van der Waals surface area contributed by atoms with E-state index in [0.29, 0.717) is 0 Å². The third-order valence-electron chi connectivity index (χ3n) is 4.54. The quantitative estimate of drug-likeness (QED) is 0.613. The summed E-state index contributed by atoms with van der Waals surface area (Å²) in [5, 5.41) is 0. The lowest BCUT2D eigenvalue weighted by Crippen LogP contribution is -2.46. The zero-order valence-corrected chi connectivity index (χ0v) is 17.4. The second-order valence-electron chi connectivity index (χ2n) is 6.25. The van der Waals surface area contributed by atoms with Crippen LogP contribution in [0.1, 0.15) is 12.8 Å². The molecule has 0 radical (unpaired) electrons. The highest BCUT2D eigenvalue weighted by atomic mass is 35.5. The molecule has 27 heavy (non-hydrogen) atoms. The minimum Gasteiger partial charge on any atom is -0.497 e. The first-order chi connectivity index (χ1) is 12.3. The van der Waals surface area contributed by atoms with Gasteiger partial charge in [-0.1, -0.05) is 6.07 Å². The van der Waals surface area contributed by atoms with Gasteiger partial charge in [0, 0.05) is 32.4 Å². The largest absolute Gasteiger partial charge is 0.497 e. The highest BCUT2D eigenvalue weighted by molar-refractivity contribution is 5.85. The van der Waals surface area contributed by atoms with Crippen molar-refractivity contribution in [1.82, 2.24) is 9.88 Å². The van der Waals surface area contributed by atoms with E-state index in [9.17, 15) is 0 Å². The standard InChI is InChI=1S/C20H27N3O2.2ClH/c1-24-18-7-9-19(10-8-18)25-17-5-4-12-22-13-15-23(16-14-22)20-6-2-3-11-21-20;;/h2-3,6-11H,4-5,12-17H2,1H3;2*1H. The van der Waals surface area contributed by atoms with Gasteiger partial charge in [0.2, 0.25) is 0 Å². The Morgan fingerprint density at radius 1 is 0.889 bits per heavy atom. The lowest BCUT2D eigenvalue weighted by Gasteiger charge is -2.35. The van der Waals surface area contributed by atoms with Crippen molar-refractivity contribution in [3.05, 3.63) is 48.7 Å². The maximum Gasteiger partial charge on any atom is 0.128 e. The van der Waals surface area contributed by atoms with Crippen molar-refractivity contribution in [2.75, 3.05) is 51.3 Å². The summed E-state index contributed by atoms with van der Waals surface area (Å²) in [5.41, 5.74) is 0. The fraction of sp³-hybridized carbons (Fsp3) is 0.450. The van der Waals surface area contributed by atoms with E-state index in [1.54, 1.807) is 7.11 Å². The molecule has 0 saturated carbocycles. The van der Waals surface area contributed by atoms with Crippen molar-refractivity contribution >= 4 is 30.6 Å². The molecule has 1 saturated heterocycles. The molecule has 3 rings (SSSR count). The van der Waals surface area contributed by atoms with E-state index in [1.807, 2.05) is 36.5 Å². The number of anilines is 1. The van der Waals surface area contributed by atoms with E-state index < -0.39 is 0 Å². The molecule has 0 amide bonds. The second-order valence-corrected chi connectivity index (χ2v) is 6.25. The SMILES string of the molecule is COc1ccc(OCCCCN2CCN(c3ccccn3)CC2)cc1.Cl.Cl. The molecule has 1 aliphatic heterocycles. The minimum atomic E-state index is 0. The fourth-order valence-corrected chi connectivity index (χ4v) is 3.04. The number of piperazine rings is 1. The summed E-state index contributed by atoms with van der Waals surface area (Å²) in [5.74, 6) is 2.86. The normalized spacial score (nSPS) is 14.0. The number of unbranched alkanes of at least 4 members (excludes halogenated alkanes) is 1. The average Bonchev–Trinajstić information content (AvgIpc) is 2.69. The molecule has 2 aromatic rings. The topological polar surface area (TPSA) is 37.8 Å². The van der Waals surface area contributed by atoms with Gasteiger partial charge in [-0.25, -0.2) is 4.98 Å². The lowest BCUT2D eigenvalue weighted by atomic mass is 10.2.